The van der Waals surface area contributed by atoms with E-state index in [-0.39, 0.29) is 5.69 Å². The largest absolute Gasteiger partial charge is 0.477 e. The number of carbonyl (C=O) groups excluding carboxylic acids is 1. The molecular formula is C22H16F2N4O4. The van der Waals surface area contributed by atoms with Crippen molar-refractivity contribution in [2.45, 2.75) is 13.8 Å². The number of carboxylic acids is 1. The Morgan fingerprint density at radius 3 is 2.47 bits per heavy atom. The number of rotatable bonds is 5. The minimum absolute atomic E-state index is 0.0374. The average molecular weight is 438 g/mol. The lowest BCUT2D eigenvalue weighted by Gasteiger charge is -2.05. The predicted molar refractivity (Wildman–Crippen MR) is 110 cm³/mol. The molecule has 0 fully saturated rings. The zero-order valence-electron chi connectivity index (χ0n) is 16.9. The number of hydrogen-bond acceptors (Lipinski definition) is 5. The van der Waals surface area contributed by atoms with Crippen LogP contribution in [0.4, 0.5) is 14.7 Å². The van der Waals surface area contributed by atoms with Crippen molar-refractivity contribution in [1.82, 2.24) is 14.9 Å². The molecule has 0 aliphatic heterocycles. The van der Waals surface area contributed by atoms with E-state index in [1.54, 1.807) is 18.5 Å². The van der Waals surface area contributed by atoms with Gasteiger partial charge in [-0.2, -0.15) is 5.10 Å². The summed E-state index contributed by atoms with van der Waals surface area (Å²) < 4.78 is 33.8. The fourth-order valence-corrected chi connectivity index (χ4v) is 3.39. The van der Waals surface area contributed by atoms with Crippen molar-refractivity contribution in [1.29, 1.82) is 0 Å². The summed E-state index contributed by atoms with van der Waals surface area (Å²) in [4.78, 5) is 24.4. The van der Waals surface area contributed by atoms with E-state index in [0.29, 0.717) is 23.0 Å². The second-order valence-electron chi connectivity index (χ2n) is 6.91. The van der Waals surface area contributed by atoms with Gasteiger partial charge >= 0.3 is 5.97 Å². The summed E-state index contributed by atoms with van der Waals surface area (Å²) in [5.74, 6) is -4.86. The van der Waals surface area contributed by atoms with Crippen molar-refractivity contribution in [3.8, 4) is 16.9 Å². The van der Waals surface area contributed by atoms with E-state index < -0.39 is 40.5 Å². The SMILES string of the molecule is Cc1nn(-c2ccccc2)c(C)c1-c1noc(NC(=O)c2ccc(F)cc2F)c1C(=O)O. The van der Waals surface area contributed by atoms with Crippen molar-refractivity contribution >= 4 is 17.8 Å². The summed E-state index contributed by atoms with van der Waals surface area (Å²) in [7, 11) is 0. The maximum Gasteiger partial charge on any atom is 0.343 e. The molecule has 0 aliphatic carbocycles. The molecule has 4 rings (SSSR count). The van der Waals surface area contributed by atoms with Gasteiger partial charge in [0.1, 0.15) is 17.3 Å². The number of halogens is 2. The van der Waals surface area contributed by atoms with Gasteiger partial charge in [-0.1, -0.05) is 23.4 Å². The number of aryl methyl sites for hydroxylation is 1. The van der Waals surface area contributed by atoms with Crippen LogP contribution in [-0.4, -0.2) is 31.9 Å². The molecule has 2 N–H and O–H groups in total. The molecule has 0 saturated carbocycles. The minimum atomic E-state index is -1.41. The molecular weight excluding hydrogens is 422 g/mol. The van der Waals surface area contributed by atoms with Crippen LogP contribution in [0.5, 0.6) is 0 Å². The number of amides is 1. The number of aromatic nitrogens is 3. The fourth-order valence-electron chi connectivity index (χ4n) is 3.39. The molecule has 0 atom stereocenters. The number of benzene rings is 2. The number of carbonyl (C=O) groups is 2. The Kier molecular flexibility index (Phi) is 5.27. The minimum Gasteiger partial charge on any atom is -0.477 e. The molecule has 32 heavy (non-hydrogen) atoms. The molecule has 1 amide bonds. The average Bonchev–Trinajstić information content (AvgIpc) is 3.28. The Hall–Kier alpha value is -4.34. The first kappa shape index (κ1) is 20.9. The van der Waals surface area contributed by atoms with Crippen molar-refractivity contribution < 1.29 is 28.0 Å². The highest BCUT2D eigenvalue weighted by atomic mass is 19.1. The van der Waals surface area contributed by atoms with Gasteiger partial charge < -0.3 is 9.63 Å². The lowest BCUT2D eigenvalue weighted by Crippen LogP contribution is -2.15. The van der Waals surface area contributed by atoms with Crippen molar-refractivity contribution in [3.63, 3.8) is 0 Å². The number of carboxylic acid groups (broad SMARTS) is 1. The smallest absolute Gasteiger partial charge is 0.343 e. The van der Waals surface area contributed by atoms with E-state index in [1.165, 1.54) is 0 Å². The molecule has 0 bridgehead atoms. The van der Waals surface area contributed by atoms with Gasteiger partial charge in [-0.05, 0) is 38.1 Å². The second-order valence-corrected chi connectivity index (χ2v) is 6.91. The van der Waals surface area contributed by atoms with E-state index in [9.17, 15) is 23.5 Å². The molecule has 0 unspecified atom stereocenters. The molecule has 0 saturated heterocycles. The number of para-hydroxylation sites is 1. The number of nitrogens with zero attached hydrogens (tertiary/aromatic N) is 3. The fraction of sp³-hybridized carbons (Fsp3) is 0.0909. The van der Waals surface area contributed by atoms with Gasteiger partial charge in [-0.25, -0.2) is 18.3 Å². The van der Waals surface area contributed by atoms with Crippen molar-refractivity contribution in [2.24, 2.45) is 0 Å². The van der Waals surface area contributed by atoms with E-state index >= 15 is 0 Å². The highest BCUT2D eigenvalue weighted by Crippen LogP contribution is 2.34. The molecule has 0 aliphatic rings. The van der Waals surface area contributed by atoms with Gasteiger partial charge in [-0.3, -0.25) is 10.1 Å². The molecule has 8 nitrogen and oxygen atoms in total. The topological polar surface area (TPSA) is 110 Å². The number of nitrogens with one attached hydrogen (secondary N) is 1. The van der Waals surface area contributed by atoms with Crippen LogP contribution in [0.1, 0.15) is 32.1 Å². The monoisotopic (exact) mass is 438 g/mol. The van der Waals surface area contributed by atoms with Gasteiger partial charge in [0.15, 0.2) is 5.56 Å². The second kappa shape index (κ2) is 8.06. The maximum absolute atomic E-state index is 13.9. The number of anilines is 1. The predicted octanol–water partition coefficient (Wildman–Crippen LogP) is 4.37. The van der Waals surface area contributed by atoms with Crippen LogP contribution in [0.15, 0.2) is 53.1 Å². The van der Waals surface area contributed by atoms with Crippen LogP contribution in [0.25, 0.3) is 16.9 Å². The molecule has 10 heteroatoms. The summed E-state index contributed by atoms with van der Waals surface area (Å²) in [6.45, 7) is 3.43. The third-order valence-electron chi connectivity index (χ3n) is 4.84. The molecule has 4 aromatic rings. The number of aromatic carboxylic acids is 1. The van der Waals surface area contributed by atoms with Gasteiger partial charge in [0.25, 0.3) is 5.91 Å². The van der Waals surface area contributed by atoms with E-state index in [0.717, 1.165) is 17.8 Å². The maximum atomic E-state index is 13.9. The molecule has 2 aromatic carbocycles. The lowest BCUT2D eigenvalue weighted by molar-refractivity contribution is 0.0698. The zero-order chi connectivity index (χ0) is 23.0. The van der Waals surface area contributed by atoms with Crippen LogP contribution in [0.2, 0.25) is 0 Å². The highest BCUT2D eigenvalue weighted by molar-refractivity contribution is 6.08. The van der Waals surface area contributed by atoms with Crippen LogP contribution in [-0.2, 0) is 0 Å². The first-order chi connectivity index (χ1) is 15.3. The Morgan fingerprint density at radius 1 is 1.09 bits per heavy atom. The van der Waals surface area contributed by atoms with Crippen molar-refractivity contribution in [2.75, 3.05) is 5.32 Å². The van der Waals surface area contributed by atoms with E-state index in [2.05, 4.69) is 15.6 Å². The Morgan fingerprint density at radius 2 is 1.81 bits per heavy atom. The standard InChI is InChI=1S/C22H16F2N4O4/c1-11-17(12(2)28(26-11)14-6-4-3-5-7-14)19-18(22(30)31)21(32-27-19)25-20(29)15-9-8-13(23)10-16(15)24/h3-10H,1-2H3,(H,25,29)(H,30,31). The third kappa shape index (κ3) is 3.62. The Bertz CT molecular complexity index is 1350. The first-order valence-electron chi connectivity index (χ1n) is 9.39. The molecule has 2 aromatic heterocycles. The summed E-state index contributed by atoms with van der Waals surface area (Å²) in [6.07, 6.45) is 0. The van der Waals surface area contributed by atoms with Crippen LogP contribution in [0.3, 0.4) is 0 Å². The molecule has 0 spiro atoms. The Balaban J connectivity index is 1.76. The first-order valence-corrected chi connectivity index (χ1v) is 9.39. The molecule has 162 valence electrons. The van der Waals surface area contributed by atoms with E-state index in [1.807, 2.05) is 30.3 Å². The van der Waals surface area contributed by atoms with Crippen LogP contribution in [0, 0.1) is 25.5 Å². The van der Waals surface area contributed by atoms with Crippen LogP contribution < -0.4 is 5.32 Å². The summed E-state index contributed by atoms with van der Waals surface area (Å²) in [5, 5.41) is 20.3. The summed E-state index contributed by atoms with van der Waals surface area (Å²) in [5.41, 5.74) is 1.34. The van der Waals surface area contributed by atoms with Gasteiger partial charge in [0.2, 0.25) is 5.88 Å². The summed E-state index contributed by atoms with van der Waals surface area (Å²) >= 11 is 0. The lowest BCUT2D eigenvalue weighted by atomic mass is 10.1. The van der Waals surface area contributed by atoms with Gasteiger partial charge in [-0.15, -0.1) is 0 Å². The molecule has 2 heterocycles. The normalized spacial score (nSPS) is 10.9. The van der Waals surface area contributed by atoms with Gasteiger partial charge in [0.05, 0.1) is 22.6 Å². The summed E-state index contributed by atoms with van der Waals surface area (Å²) in [6, 6.07) is 11.6. The van der Waals surface area contributed by atoms with Crippen molar-refractivity contribution in [3.05, 3.63) is 82.7 Å². The van der Waals surface area contributed by atoms with Gasteiger partial charge in [0, 0.05) is 11.6 Å². The quantitative estimate of drug-likeness (QED) is 0.479. The number of hydrogen-bond donors (Lipinski definition) is 2. The van der Waals surface area contributed by atoms with E-state index in [4.69, 9.17) is 4.52 Å². The zero-order valence-corrected chi connectivity index (χ0v) is 16.9. The van der Waals surface area contributed by atoms with Crippen LogP contribution >= 0.6 is 0 Å². The third-order valence-corrected chi connectivity index (χ3v) is 4.84. The Labute approximate surface area is 180 Å². The highest BCUT2D eigenvalue weighted by Gasteiger charge is 2.29. The molecule has 0 radical (unpaired) electrons.